The Hall–Kier alpha value is -3.41. The molecule has 6 rings (SSSR count). The zero-order valence-corrected chi connectivity index (χ0v) is 19.3. The van der Waals surface area contributed by atoms with E-state index in [1.807, 2.05) is 54.6 Å². The van der Waals surface area contributed by atoms with Crippen LogP contribution in [0, 0.1) is 0 Å². The maximum Gasteiger partial charge on any atom is 0.164 e. The molecule has 0 fully saturated rings. The van der Waals surface area contributed by atoms with Crippen molar-refractivity contribution in [3.05, 3.63) is 102 Å². The van der Waals surface area contributed by atoms with Gasteiger partial charge in [0.15, 0.2) is 17.5 Å². The maximum absolute atomic E-state index is 4.93. The lowest BCUT2D eigenvalue weighted by atomic mass is 10.1. The van der Waals surface area contributed by atoms with Crippen molar-refractivity contribution < 1.29 is 0 Å². The highest BCUT2D eigenvalue weighted by Crippen LogP contribution is 2.39. The summed E-state index contributed by atoms with van der Waals surface area (Å²) in [5.41, 5.74) is 2.95. The summed E-state index contributed by atoms with van der Waals surface area (Å²) in [6, 6.07) is 33.0. The highest BCUT2D eigenvalue weighted by molar-refractivity contribution is 9.10. The lowest BCUT2D eigenvalue weighted by Crippen LogP contribution is -2.00. The summed E-state index contributed by atoms with van der Waals surface area (Å²) in [5, 5.41) is 2.43. The topological polar surface area (TPSA) is 38.7 Å². The van der Waals surface area contributed by atoms with Crippen LogP contribution in [0.5, 0.6) is 0 Å². The number of hydrogen-bond acceptors (Lipinski definition) is 4. The Balaban J connectivity index is 1.64. The zero-order valence-electron chi connectivity index (χ0n) is 16.9. The van der Waals surface area contributed by atoms with Gasteiger partial charge < -0.3 is 0 Å². The fraction of sp³-hybridized carbons (Fsp3) is 0. The number of benzene rings is 4. The van der Waals surface area contributed by atoms with Crippen LogP contribution in [0.2, 0.25) is 0 Å². The van der Waals surface area contributed by atoms with E-state index in [0.29, 0.717) is 17.5 Å². The van der Waals surface area contributed by atoms with E-state index in [-0.39, 0.29) is 0 Å². The fourth-order valence-electron chi connectivity index (χ4n) is 3.90. The molecule has 0 amide bonds. The van der Waals surface area contributed by atoms with Gasteiger partial charge >= 0.3 is 0 Å². The van der Waals surface area contributed by atoms with Crippen LogP contribution >= 0.6 is 27.3 Å². The van der Waals surface area contributed by atoms with Crippen LogP contribution in [0.15, 0.2) is 102 Å². The molecule has 3 nitrogen and oxygen atoms in total. The van der Waals surface area contributed by atoms with Gasteiger partial charge in [0.25, 0.3) is 0 Å². The molecule has 4 aromatic carbocycles. The average molecular weight is 494 g/mol. The SMILES string of the molecule is Brc1ccc(-c2nc(-c3ccccc3)nc(-c3cccc4sc5ccccc5c34)n2)cc1. The van der Waals surface area contributed by atoms with Crippen LogP contribution in [-0.4, -0.2) is 15.0 Å². The predicted molar refractivity (Wildman–Crippen MR) is 137 cm³/mol. The van der Waals surface area contributed by atoms with Crippen molar-refractivity contribution in [3.8, 4) is 34.2 Å². The molecular weight excluding hydrogens is 478 g/mol. The van der Waals surface area contributed by atoms with E-state index < -0.39 is 0 Å². The molecule has 5 heteroatoms. The van der Waals surface area contributed by atoms with E-state index in [1.54, 1.807) is 11.3 Å². The molecule has 0 spiro atoms. The van der Waals surface area contributed by atoms with Gasteiger partial charge in [-0.25, -0.2) is 15.0 Å². The summed E-state index contributed by atoms with van der Waals surface area (Å²) in [6.45, 7) is 0. The van der Waals surface area contributed by atoms with Crippen molar-refractivity contribution in [2.75, 3.05) is 0 Å². The van der Waals surface area contributed by atoms with Crippen LogP contribution in [-0.2, 0) is 0 Å². The van der Waals surface area contributed by atoms with Crippen molar-refractivity contribution in [1.82, 2.24) is 15.0 Å². The maximum atomic E-state index is 4.93. The van der Waals surface area contributed by atoms with E-state index in [9.17, 15) is 0 Å². The molecule has 2 aromatic heterocycles. The Morgan fingerprint density at radius 3 is 1.94 bits per heavy atom. The Morgan fingerprint density at radius 1 is 0.531 bits per heavy atom. The molecule has 0 aliphatic carbocycles. The molecule has 6 aromatic rings. The Kier molecular flexibility index (Phi) is 4.78. The van der Waals surface area contributed by atoms with Crippen molar-refractivity contribution >= 4 is 47.4 Å². The minimum Gasteiger partial charge on any atom is -0.208 e. The highest BCUT2D eigenvalue weighted by atomic mass is 79.9. The summed E-state index contributed by atoms with van der Waals surface area (Å²) in [6.07, 6.45) is 0. The summed E-state index contributed by atoms with van der Waals surface area (Å²) < 4.78 is 3.52. The standard InChI is InChI=1S/C27H16BrN3S/c28-19-15-13-18(14-16-19)26-29-25(17-7-2-1-3-8-17)30-27(31-26)21-10-6-12-23-24(21)20-9-4-5-11-22(20)32-23/h1-16H. The van der Waals surface area contributed by atoms with Gasteiger partial charge in [0.2, 0.25) is 0 Å². The second kappa shape index (κ2) is 7.93. The zero-order chi connectivity index (χ0) is 21.5. The average Bonchev–Trinajstić information content (AvgIpc) is 3.24. The van der Waals surface area contributed by atoms with Gasteiger partial charge in [-0.15, -0.1) is 11.3 Å². The molecule has 0 radical (unpaired) electrons. The molecule has 32 heavy (non-hydrogen) atoms. The highest BCUT2D eigenvalue weighted by Gasteiger charge is 2.16. The third kappa shape index (κ3) is 3.40. The molecule has 0 atom stereocenters. The van der Waals surface area contributed by atoms with Crippen LogP contribution in [0.4, 0.5) is 0 Å². The van der Waals surface area contributed by atoms with Crippen molar-refractivity contribution in [1.29, 1.82) is 0 Å². The minimum atomic E-state index is 0.665. The summed E-state index contributed by atoms with van der Waals surface area (Å²) >= 11 is 5.31. The molecular formula is C27H16BrN3S. The molecule has 2 heterocycles. The number of nitrogens with zero attached hydrogens (tertiary/aromatic N) is 3. The van der Waals surface area contributed by atoms with Crippen LogP contribution < -0.4 is 0 Å². The number of thiophene rings is 1. The lowest BCUT2D eigenvalue weighted by Gasteiger charge is -2.09. The summed E-state index contributed by atoms with van der Waals surface area (Å²) in [7, 11) is 0. The van der Waals surface area contributed by atoms with Gasteiger partial charge in [0.05, 0.1) is 0 Å². The van der Waals surface area contributed by atoms with E-state index in [0.717, 1.165) is 21.2 Å². The van der Waals surface area contributed by atoms with Crippen LogP contribution in [0.25, 0.3) is 54.3 Å². The molecule has 0 aliphatic rings. The Bertz CT molecular complexity index is 1570. The summed E-state index contributed by atoms with van der Waals surface area (Å²) in [5.74, 6) is 2.02. The molecule has 152 valence electrons. The number of hydrogen-bond donors (Lipinski definition) is 0. The fourth-order valence-corrected chi connectivity index (χ4v) is 5.30. The number of rotatable bonds is 3. The second-order valence-electron chi connectivity index (χ2n) is 7.46. The van der Waals surface area contributed by atoms with Gasteiger partial charge in [-0.2, -0.15) is 0 Å². The van der Waals surface area contributed by atoms with Gasteiger partial charge in [0, 0.05) is 41.3 Å². The van der Waals surface area contributed by atoms with E-state index >= 15 is 0 Å². The first-order valence-corrected chi connectivity index (χ1v) is 11.9. The number of fused-ring (bicyclic) bond motifs is 3. The Morgan fingerprint density at radius 2 is 1.16 bits per heavy atom. The first-order valence-electron chi connectivity index (χ1n) is 10.2. The number of aromatic nitrogens is 3. The first kappa shape index (κ1) is 19.3. The van der Waals surface area contributed by atoms with Crippen molar-refractivity contribution in [3.63, 3.8) is 0 Å². The molecule has 0 aliphatic heterocycles. The predicted octanol–water partition coefficient (Wildman–Crippen LogP) is 8.00. The third-order valence-corrected chi connectivity index (χ3v) is 7.08. The monoisotopic (exact) mass is 493 g/mol. The molecule has 0 saturated heterocycles. The van der Waals surface area contributed by atoms with Crippen molar-refractivity contribution in [2.24, 2.45) is 0 Å². The van der Waals surface area contributed by atoms with Gasteiger partial charge in [-0.1, -0.05) is 88.7 Å². The number of halogens is 1. The Labute approximate surface area is 197 Å². The molecule has 0 unspecified atom stereocenters. The third-order valence-electron chi connectivity index (χ3n) is 5.41. The summed E-state index contributed by atoms with van der Waals surface area (Å²) in [4.78, 5) is 14.7. The molecule has 0 saturated carbocycles. The minimum absolute atomic E-state index is 0.665. The first-order chi connectivity index (χ1) is 15.8. The van der Waals surface area contributed by atoms with Crippen LogP contribution in [0.1, 0.15) is 0 Å². The largest absolute Gasteiger partial charge is 0.208 e. The normalized spacial score (nSPS) is 11.3. The van der Waals surface area contributed by atoms with E-state index in [1.165, 1.54) is 20.2 Å². The van der Waals surface area contributed by atoms with Gasteiger partial charge in [-0.05, 0) is 24.3 Å². The van der Waals surface area contributed by atoms with E-state index in [4.69, 9.17) is 15.0 Å². The lowest BCUT2D eigenvalue weighted by molar-refractivity contribution is 1.08. The molecule has 0 bridgehead atoms. The van der Waals surface area contributed by atoms with Crippen LogP contribution in [0.3, 0.4) is 0 Å². The van der Waals surface area contributed by atoms with Gasteiger partial charge in [0.1, 0.15) is 0 Å². The smallest absolute Gasteiger partial charge is 0.164 e. The van der Waals surface area contributed by atoms with Crippen molar-refractivity contribution in [2.45, 2.75) is 0 Å². The second-order valence-corrected chi connectivity index (χ2v) is 9.46. The molecule has 0 N–H and O–H groups in total. The quantitative estimate of drug-likeness (QED) is 0.250. The van der Waals surface area contributed by atoms with E-state index in [2.05, 4.69) is 58.4 Å². The van der Waals surface area contributed by atoms with Gasteiger partial charge in [-0.3, -0.25) is 0 Å².